The van der Waals surface area contributed by atoms with Gasteiger partial charge in [0.25, 0.3) is 0 Å². The first kappa shape index (κ1) is 29.7. The van der Waals surface area contributed by atoms with E-state index in [9.17, 15) is 0 Å². The first-order valence-corrected chi connectivity index (χ1v) is 18.3. The van der Waals surface area contributed by atoms with Crippen molar-refractivity contribution in [3.8, 4) is 11.1 Å². The summed E-state index contributed by atoms with van der Waals surface area (Å²) in [5, 5.41) is 17.7. The summed E-state index contributed by atoms with van der Waals surface area (Å²) in [7, 11) is 0. The SMILES string of the molecule is c1ccc2c(c1)cc(-c1ccc(N(c3ccc4c5ccccc5c5ccccc5c4c3)c3cc4ccccc4c4ccccc34)cc1)c1ccccc12. The maximum atomic E-state index is 2.46. The molecule has 0 unspecified atom stereocenters. The Labute approximate surface area is 307 Å². The maximum absolute atomic E-state index is 2.46. The highest BCUT2D eigenvalue weighted by atomic mass is 15.1. The standard InChI is InChI=1S/C52H33N/c1-3-15-39-35(13-1)31-50(46-22-9-5-17-41(39)46)34-25-27-37(28-26-34)53(52-32-36-14-2-4-16-40(36)42-18-11-12-24-49(42)52)38-29-30-48-45-21-7-6-19-43(45)44-20-8-10-23-47(44)51(48)33-38/h1-33H. The smallest absolute Gasteiger partial charge is 0.0546 e. The molecule has 53 heavy (non-hydrogen) atoms. The van der Waals surface area contributed by atoms with Crippen LogP contribution in [0.3, 0.4) is 0 Å². The highest BCUT2D eigenvalue weighted by Gasteiger charge is 2.19. The molecule has 0 aliphatic heterocycles. The Morgan fingerprint density at radius 1 is 0.245 bits per heavy atom. The van der Waals surface area contributed by atoms with Crippen LogP contribution in [0, 0.1) is 0 Å². The van der Waals surface area contributed by atoms with Gasteiger partial charge in [-0.1, -0.05) is 164 Å². The molecule has 246 valence electrons. The number of anilines is 3. The normalized spacial score (nSPS) is 11.8. The number of hydrogen-bond donors (Lipinski definition) is 0. The van der Waals surface area contributed by atoms with E-state index in [2.05, 4.69) is 205 Å². The predicted molar refractivity (Wildman–Crippen MR) is 229 cm³/mol. The maximum Gasteiger partial charge on any atom is 0.0546 e. The van der Waals surface area contributed by atoms with E-state index < -0.39 is 0 Å². The number of benzene rings is 11. The third kappa shape index (κ3) is 4.64. The number of nitrogens with zero attached hydrogens (tertiary/aromatic N) is 1. The monoisotopic (exact) mass is 671 g/mol. The molecule has 0 saturated heterocycles. The fraction of sp³-hybridized carbons (Fsp3) is 0. The molecule has 0 aliphatic rings. The van der Waals surface area contributed by atoms with Crippen molar-refractivity contribution in [2.45, 2.75) is 0 Å². The summed E-state index contributed by atoms with van der Waals surface area (Å²) in [6, 6.07) is 73.7. The number of hydrogen-bond acceptors (Lipinski definition) is 1. The summed E-state index contributed by atoms with van der Waals surface area (Å²) < 4.78 is 0. The van der Waals surface area contributed by atoms with E-state index in [4.69, 9.17) is 0 Å². The second kappa shape index (κ2) is 11.8. The lowest BCUT2D eigenvalue weighted by molar-refractivity contribution is 1.31. The van der Waals surface area contributed by atoms with Crippen molar-refractivity contribution in [1.29, 1.82) is 0 Å². The topological polar surface area (TPSA) is 3.24 Å². The van der Waals surface area contributed by atoms with Gasteiger partial charge in [-0.15, -0.1) is 0 Å². The van der Waals surface area contributed by atoms with Crippen LogP contribution < -0.4 is 4.90 Å². The largest absolute Gasteiger partial charge is 0.310 e. The van der Waals surface area contributed by atoms with Gasteiger partial charge in [-0.3, -0.25) is 0 Å². The van der Waals surface area contributed by atoms with Gasteiger partial charge in [0.15, 0.2) is 0 Å². The first-order chi connectivity index (χ1) is 26.3. The molecule has 1 nitrogen and oxygen atoms in total. The molecule has 0 heterocycles. The summed E-state index contributed by atoms with van der Waals surface area (Å²) in [6.07, 6.45) is 0. The van der Waals surface area contributed by atoms with Crippen LogP contribution in [-0.4, -0.2) is 0 Å². The van der Waals surface area contributed by atoms with Gasteiger partial charge >= 0.3 is 0 Å². The molecule has 0 aliphatic carbocycles. The zero-order valence-corrected chi connectivity index (χ0v) is 29.0. The van der Waals surface area contributed by atoms with Crippen molar-refractivity contribution >= 4 is 92.5 Å². The molecule has 0 bridgehead atoms. The van der Waals surface area contributed by atoms with E-state index in [0.29, 0.717) is 0 Å². The van der Waals surface area contributed by atoms with Gasteiger partial charge in [0.05, 0.1) is 5.69 Å². The van der Waals surface area contributed by atoms with Crippen molar-refractivity contribution in [3.05, 3.63) is 200 Å². The molecule has 0 spiro atoms. The lowest BCUT2D eigenvalue weighted by Crippen LogP contribution is -2.10. The van der Waals surface area contributed by atoms with Crippen molar-refractivity contribution in [2.24, 2.45) is 0 Å². The van der Waals surface area contributed by atoms with Gasteiger partial charge in [0, 0.05) is 16.8 Å². The van der Waals surface area contributed by atoms with Crippen molar-refractivity contribution in [2.75, 3.05) is 4.90 Å². The third-order valence-electron chi connectivity index (χ3n) is 11.2. The Morgan fingerprint density at radius 3 is 1.23 bits per heavy atom. The van der Waals surface area contributed by atoms with Crippen LogP contribution >= 0.6 is 0 Å². The zero-order chi connectivity index (χ0) is 34.9. The minimum atomic E-state index is 1.11. The molecule has 0 atom stereocenters. The summed E-state index contributed by atoms with van der Waals surface area (Å²) >= 11 is 0. The quantitative estimate of drug-likeness (QED) is 0.168. The molecule has 0 aromatic heterocycles. The van der Waals surface area contributed by atoms with Crippen LogP contribution in [0.1, 0.15) is 0 Å². The van der Waals surface area contributed by atoms with E-state index in [-0.39, 0.29) is 0 Å². The molecule has 0 radical (unpaired) electrons. The zero-order valence-electron chi connectivity index (χ0n) is 29.0. The van der Waals surface area contributed by atoms with Gasteiger partial charge < -0.3 is 4.90 Å². The minimum Gasteiger partial charge on any atom is -0.310 e. The van der Waals surface area contributed by atoms with Crippen LogP contribution in [-0.2, 0) is 0 Å². The fourth-order valence-electron chi connectivity index (χ4n) is 8.76. The van der Waals surface area contributed by atoms with Crippen LogP contribution in [0.5, 0.6) is 0 Å². The van der Waals surface area contributed by atoms with Gasteiger partial charge in [0.1, 0.15) is 0 Å². The molecule has 0 fully saturated rings. The molecule has 11 aromatic rings. The summed E-state index contributed by atoms with van der Waals surface area (Å²) in [6.45, 7) is 0. The highest BCUT2D eigenvalue weighted by molar-refractivity contribution is 6.26. The van der Waals surface area contributed by atoms with Gasteiger partial charge in [-0.2, -0.15) is 0 Å². The second-order valence-electron chi connectivity index (χ2n) is 14.1. The fourth-order valence-corrected chi connectivity index (χ4v) is 8.76. The van der Waals surface area contributed by atoms with Crippen LogP contribution in [0.15, 0.2) is 200 Å². The van der Waals surface area contributed by atoms with E-state index in [1.54, 1.807) is 0 Å². The lowest BCUT2D eigenvalue weighted by atomic mass is 9.93. The van der Waals surface area contributed by atoms with Crippen molar-refractivity contribution in [1.82, 2.24) is 0 Å². The Kier molecular flexibility index (Phi) is 6.62. The predicted octanol–water partition coefficient (Wildman–Crippen LogP) is 14.9. The van der Waals surface area contributed by atoms with Gasteiger partial charge in [-0.05, 0) is 118 Å². The Morgan fingerprint density at radius 2 is 0.642 bits per heavy atom. The molecule has 11 rings (SSSR count). The average molecular weight is 672 g/mol. The van der Waals surface area contributed by atoms with E-state index >= 15 is 0 Å². The summed E-state index contributed by atoms with van der Waals surface area (Å²) in [5.41, 5.74) is 5.85. The molecule has 0 N–H and O–H groups in total. The Hall–Kier alpha value is -6.96. The van der Waals surface area contributed by atoms with E-state index in [1.807, 2.05) is 0 Å². The molecule has 0 saturated carbocycles. The minimum absolute atomic E-state index is 1.11. The van der Waals surface area contributed by atoms with Crippen LogP contribution in [0.2, 0.25) is 0 Å². The average Bonchev–Trinajstić information content (AvgIpc) is 3.24. The lowest BCUT2D eigenvalue weighted by Gasteiger charge is -2.28. The molecular formula is C52H33N. The first-order valence-electron chi connectivity index (χ1n) is 18.3. The number of rotatable bonds is 4. The van der Waals surface area contributed by atoms with Crippen molar-refractivity contribution in [3.63, 3.8) is 0 Å². The van der Waals surface area contributed by atoms with Crippen LogP contribution in [0.25, 0.3) is 86.5 Å². The van der Waals surface area contributed by atoms with Crippen molar-refractivity contribution < 1.29 is 0 Å². The Bertz CT molecular complexity index is 3190. The van der Waals surface area contributed by atoms with E-state index in [0.717, 1.165) is 17.1 Å². The molecule has 1 heteroatoms. The molecule has 11 aromatic carbocycles. The third-order valence-corrected chi connectivity index (χ3v) is 11.2. The molecular weight excluding hydrogens is 639 g/mol. The number of fused-ring (bicyclic) bond motifs is 12. The van der Waals surface area contributed by atoms with Gasteiger partial charge in [-0.25, -0.2) is 0 Å². The summed E-state index contributed by atoms with van der Waals surface area (Å²) in [4.78, 5) is 2.46. The second-order valence-corrected chi connectivity index (χ2v) is 14.1. The van der Waals surface area contributed by atoms with Gasteiger partial charge in [0.2, 0.25) is 0 Å². The molecule has 0 amide bonds. The highest BCUT2D eigenvalue weighted by Crippen LogP contribution is 2.45. The Balaban J connectivity index is 1.17. The summed E-state index contributed by atoms with van der Waals surface area (Å²) in [5.74, 6) is 0. The van der Waals surface area contributed by atoms with Crippen LogP contribution in [0.4, 0.5) is 17.1 Å². The van der Waals surface area contributed by atoms with E-state index in [1.165, 1.54) is 86.5 Å².